The zero-order chi connectivity index (χ0) is 18.2. The summed E-state index contributed by atoms with van der Waals surface area (Å²) in [6, 6.07) is 14.2. The molecule has 4 aromatic rings. The van der Waals surface area contributed by atoms with Crippen molar-refractivity contribution in [2.24, 2.45) is 0 Å². The van der Waals surface area contributed by atoms with Gasteiger partial charge in [0, 0.05) is 29.6 Å². The lowest BCUT2D eigenvalue weighted by Crippen LogP contribution is -2.31. The number of aliphatic hydroxyl groups is 1. The van der Waals surface area contributed by atoms with Crippen molar-refractivity contribution in [2.45, 2.75) is 25.4 Å². The fraction of sp³-hybridized carbons (Fsp3) is 0.286. The molecule has 0 spiro atoms. The molecule has 0 bridgehead atoms. The van der Waals surface area contributed by atoms with Crippen LogP contribution >= 0.6 is 11.3 Å². The average molecular weight is 380 g/mol. The highest BCUT2D eigenvalue weighted by molar-refractivity contribution is 7.20. The third kappa shape index (κ3) is 3.20. The Morgan fingerprint density at radius 1 is 1.26 bits per heavy atom. The van der Waals surface area contributed by atoms with Crippen LogP contribution < -0.4 is 4.74 Å². The van der Waals surface area contributed by atoms with Crippen LogP contribution in [0.4, 0.5) is 0 Å². The lowest BCUT2D eigenvalue weighted by molar-refractivity contribution is 0.153. The number of fused-ring (bicyclic) bond motifs is 2. The van der Waals surface area contributed by atoms with Crippen molar-refractivity contribution in [3.05, 3.63) is 54.3 Å². The molecule has 1 aliphatic heterocycles. The first-order valence-corrected chi connectivity index (χ1v) is 10.0. The number of aromatic nitrogens is 1. The van der Waals surface area contributed by atoms with Gasteiger partial charge in [-0.3, -0.25) is 4.90 Å². The minimum absolute atomic E-state index is 0.218. The van der Waals surface area contributed by atoms with Gasteiger partial charge in [-0.05, 0) is 43.7 Å². The van der Waals surface area contributed by atoms with Gasteiger partial charge in [0.15, 0.2) is 0 Å². The first-order valence-electron chi connectivity index (χ1n) is 9.18. The van der Waals surface area contributed by atoms with E-state index in [1.165, 1.54) is 11.3 Å². The third-order valence-corrected chi connectivity index (χ3v) is 6.10. The summed E-state index contributed by atoms with van der Waals surface area (Å²) in [5, 5.41) is 11.2. The van der Waals surface area contributed by atoms with Crippen LogP contribution in [-0.4, -0.2) is 34.2 Å². The van der Waals surface area contributed by atoms with E-state index in [2.05, 4.69) is 9.88 Å². The van der Waals surface area contributed by atoms with Crippen LogP contribution in [0.3, 0.4) is 0 Å². The molecule has 2 aromatic carbocycles. The molecule has 0 aliphatic carbocycles. The molecule has 6 heteroatoms. The highest BCUT2D eigenvalue weighted by Gasteiger charge is 2.24. The second-order valence-corrected chi connectivity index (χ2v) is 7.91. The number of para-hydroxylation sites is 1. The maximum atomic E-state index is 9.52. The molecule has 1 aliphatic rings. The Hall–Kier alpha value is -2.41. The van der Waals surface area contributed by atoms with E-state index in [9.17, 15) is 5.11 Å². The number of ether oxygens (including phenoxy) is 1. The average Bonchev–Trinajstić information content (AvgIpc) is 3.40. The number of benzene rings is 2. The number of rotatable bonds is 5. The topological polar surface area (TPSA) is 58.7 Å². The van der Waals surface area contributed by atoms with Crippen molar-refractivity contribution in [2.75, 3.05) is 13.2 Å². The standard InChI is InChI=1S/C21H20N2O3S/c24-12-15-4-3-9-23(15)11-14-13-25-19-10-16(7-8-17(14)19)26-21-22-18-5-1-2-6-20(18)27-21/h1-2,5-8,10,13,15,24H,3-4,9,11-12H2. The van der Waals surface area contributed by atoms with Crippen LogP contribution in [0.25, 0.3) is 21.2 Å². The molecule has 5 nitrogen and oxygen atoms in total. The molecule has 0 saturated carbocycles. The molecule has 1 atom stereocenters. The van der Waals surface area contributed by atoms with Crippen LogP contribution in [0.2, 0.25) is 0 Å². The van der Waals surface area contributed by atoms with Crippen LogP contribution in [-0.2, 0) is 6.54 Å². The molecule has 1 fully saturated rings. The van der Waals surface area contributed by atoms with Gasteiger partial charge in [0.1, 0.15) is 11.3 Å². The number of aliphatic hydroxyl groups excluding tert-OH is 1. The summed E-state index contributed by atoms with van der Waals surface area (Å²) in [7, 11) is 0. The van der Waals surface area contributed by atoms with Gasteiger partial charge in [0.05, 0.1) is 23.1 Å². The van der Waals surface area contributed by atoms with E-state index < -0.39 is 0 Å². The van der Waals surface area contributed by atoms with Gasteiger partial charge < -0.3 is 14.3 Å². The molecule has 2 aromatic heterocycles. The molecule has 3 heterocycles. The van der Waals surface area contributed by atoms with Crippen molar-refractivity contribution in [3.63, 3.8) is 0 Å². The van der Waals surface area contributed by atoms with Crippen molar-refractivity contribution in [3.8, 4) is 10.9 Å². The normalized spacial score (nSPS) is 17.9. The number of likely N-dealkylation sites (tertiary alicyclic amines) is 1. The van der Waals surface area contributed by atoms with Gasteiger partial charge in [-0.25, -0.2) is 4.98 Å². The van der Waals surface area contributed by atoms with Gasteiger partial charge in [-0.1, -0.05) is 23.5 Å². The summed E-state index contributed by atoms with van der Waals surface area (Å²) >= 11 is 1.53. The van der Waals surface area contributed by atoms with Crippen LogP contribution in [0.5, 0.6) is 10.9 Å². The molecule has 1 N–H and O–H groups in total. The first kappa shape index (κ1) is 16.7. The molecule has 1 unspecified atom stereocenters. The summed E-state index contributed by atoms with van der Waals surface area (Å²) in [4.78, 5) is 6.84. The van der Waals surface area contributed by atoms with Gasteiger partial charge in [-0.15, -0.1) is 0 Å². The Morgan fingerprint density at radius 2 is 2.19 bits per heavy atom. The second-order valence-electron chi connectivity index (χ2n) is 6.92. The van der Waals surface area contributed by atoms with Crippen molar-refractivity contribution in [1.82, 2.24) is 9.88 Å². The number of hydrogen-bond donors (Lipinski definition) is 1. The van der Waals surface area contributed by atoms with E-state index in [1.807, 2.05) is 48.7 Å². The van der Waals surface area contributed by atoms with Gasteiger partial charge in [-0.2, -0.15) is 0 Å². The quantitative estimate of drug-likeness (QED) is 0.539. The maximum absolute atomic E-state index is 9.52. The molecular formula is C21H20N2O3S. The van der Waals surface area contributed by atoms with E-state index >= 15 is 0 Å². The minimum atomic E-state index is 0.218. The number of furan rings is 1. The summed E-state index contributed by atoms with van der Waals surface area (Å²) < 4.78 is 12.8. The van der Waals surface area contributed by atoms with Crippen molar-refractivity contribution < 1.29 is 14.3 Å². The first-order chi connectivity index (χ1) is 13.3. The Labute approximate surface area is 160 Å². The van der Waals surface area contributed by atoms with Crippen LogP contribution in [0.1, 0.15) is 18.4 Å². The van der Waals surface area contributed by atoms with Crippen LogP contribution in [0.15, 0.2) is 53.1 Å². The fourth-order valence-electron chi connectivity index (χ4n) is 3.77. The fourth-order valence-corrected chi connectivity index (χ4v) is 4.61. The molecule has 1 saturated heterocycles. The Kier molecular flexibility index (Phi) is 4.32. The number of thiazole rings is 1. The SMILES string of the molecule is OCC1CCCN1Cc1coc2cc(Oc3nc4ccccc4s3)ccc12. The Morgan fingerprint density at radius 3 is 3.07 bits per heavy atom. The Bertz CT molecular complexity index is 1050. The second kappa shape index (κ2) is 6.96. The third-order valence-electron chi connectivity index (χ3n) is 5.19. The van der Waals surface area contributed by atoms with Crippen LogP contribution in [0, 0.1) is 0 Å². The largest absolute Gasteiger partial charge is 0.464 e. The molecule has 0 amide bonds. The summed E-state index contributed by atoms with van der Waals surface area (Å²) in [6.45, 7) is 2.04. The predicted octanol–water partition coefficient (Wildman–Crippen LogP) is 4.79. The highest BCUT2D eigenvalue weighted by atomic mass is 32.1. The molecule has 27 heavy (non-hydrogen) atoms. The van der Waals surface area contributed by atoms with Gasteiger partial charge in [0.25, 0.3) is 5.19 Å². The maximum Gasteiger partial charge on any atom is 0.279 e. The number of hydrogen-bond acceptors (Lipinski definition) is 6. The highest BCUT2D eigenvalue weighted by Crippen LogP contribution is 2.34. The van der Waals surface area contributed by atoms with E-state index in [1.54, 1.807) is 0 Å². The van der Waals surface area contributed by atoms with E-state index in [0.717, 1.165) is 58.4 Å². The molecular weight excluding hydrogens is 360 g/mol. The molecule has 138 valence electrons. The zero-order valence-electron chi connectivity index (χ0n) is 14.8. The minimum Gasteiger partial charge on any atom is -0.464 e. The van der Waals surface area contributed by atoms with E-state index in [0.29, 0.717) is 5.19 Å². The van der Waals surface area contributed by atoms with E-state index in [4.69, 9.17) is 9.15 Å². The molecule has 5 rings (SSSR count). The van der Waals surface area contributed by atoms with Crippen molar-refractivity contribution in [1.29, 1.82) is 0 Å². The predicted molar refractivity (Wildman–Crippen MR) is 106 cm³/mol. The smallest absolute Gasteiger partial charge is 0.279 e. The molecule has 0 radical (unpaired) electrons. The summed E-state index contributed by atoms with van der Waals surface area (Å²) in [5.41, 5.74) is 2.91. The summed E-state index contributed by atoms with van der Waals surface area (Å²) in [6.07, 6.45) is 4.02. The van der Waals surface area contributed by atoms with Gasteiger partial charge in [0.2, 0.25) is 0 Å². The lowest BCUT2D eigenvalue weighted by Gasteiger charge is -2.21. The van der Waals surface area contributed by atoms with Crippen molar-refractivity contribution >= 4 is 32.5 Å². The zero-order valence-corrected chi connectivity index (χ0v) is 15.6. The van der Waals surface area contributed by atoms with E-state index in [-0.39, 0.29) is 12.6 Å². The number of nitrogens with zero attached hydrogens (tertiary/aromatic N) is 2. The Balaban J connectivity index is 1.38. The van der Waals surface area contributed by atoms with Gasteiger partial charge >= 0.3 is 0 Å². The summed E-state index contributed by atoms with van der Waals surface area (Å²) in [5.74, 6) is 0.719. The lowest BCUT2D eigenvalue weighted by atomic mass is 10.1. The monoisotopic (exact) mass is 380 g/mol.